The second-order valence-electron chi connectivity index (χ2n) is 4.54. The van der Waals surface area contributed by atoms with Crippen molar-refractivity contribution in [1.29, 1.82) is 0 Å². The molecule has 0 saturated heterocycles. The van der Waals surface area contributed by atoms with Gasteiger partial charge in [-0.3, -0.25) is 0 Å². The number of aliphatic hydroxyl groups is 1. The molecule has 1 aromatic heterocycles. The molecular formula is C16H13BrO2. The normalized spacial score (nSPS) is 12.8. The Morgan fingerprint density at radius 1 is 1.11 bits per heavy atom. The summed E-state index contributed by atoms with van der Waals surface area (Å²) in [5.41, 5.74) is 2.67. The van der Waals surface area contributed by atoms with Crippen molar-refractivity contribution in [2.75, 3.05) is 0 Å². The van der Waals surface area contributed by atoms with Gasteiger partial charge in [-0.25, -0.2) is 0 Å². The molecule has 19 heavy (non-hydrogen) atoms. The minimum absolute atomic E-state index is 0.572. The van der Waals surface area contributed by atoms with Gasteiger partial charge in [-0.2, -0.15) is 0 Å². The van der Waals surface area contributed by atoms with E-state index in [1.54, 1.807) is 0 Å². The molecular weight excluding hydrogens is 304 g/mol. The Morgan fingerprint density at radius 2 is 1.89 bits per heavy atom. The number of fused-ring (bicyclic) bond motifs is 1. The van der Waals surface area contributed by atoms with Crippen molar-refractivity contribution in [2.24, 2.45) is 0 Å². The van der Waals surface area contributed by atoms with E-state index in [-0.39, 0.29) is 0 Å². The summed E-state index contributed by atoms with van der Waals surface area (Å²) in [6.07, 6.45) is -0.745. The van der Waals surface area contributed by atoms with E-state index in [9.17, 15) is 5.11 Å². The maximum absolute atomic E-state index is 10.5. The Kier molecular flexibility index (Phi) is 3.17. The minimum atomic E-state index is -0.745. The van der Waals surface area contributed by atoms with Crippen LogP contribution in [0.25, 0.3) is 11.0 Å². The Balaban J connectivity index is 2.08. The molecule has 96 valence electrons. The standard InChI is InChI=1S/C16H13BrO2/c1-10-12(6-4-7-13(10)17)16(18)15-9-11-5-2-3-8-14(11)19-15/h2-9,16,18H,1H3. The van der Waals surface area contributed by atoms with Gasteiger partial charge in [0, 0.05) is 9.86 Å². The molecule has 0 aliphatic heterocycles. The molecule has 0 bridgehead atoms. The topological polar surface area (TPSA) is 33.4 Å². The van der Waals surface area contributed by atoms with E-state index >= 15 is 0 Å². The van der Waals surface area contributed by atoms with Gasteiger partial charge < -0.3 is 9.52 Å². The summed E-state index contributed by atoms with van der Waals surface area (Å²) in [5.74, 6) is 0.572. The van der Waals surface area contributed by atoms with Crippen LogP contribution in [0.4, 0.5) is 0 Å². The van der Waals surface area contributed by atoms with E-state index in [0.717, 1.165) is 26.6 Å². The van der Waals surface area contributed by atoms with Gasteiger partial charge >= 0.3 is 0 Å². The summed E-state index contributed by atoms with van der Waals surface area (Å²) in [7, 11) is 0. The van der Waals surface area contributed by atoms with Crippen molar-refractivity contribution >= 4 is 26.9 Å². The second kappa shape index (κ2) is 4.83. The first-order valence-electron chi connectivity index (χ1n) is 6.08. The molecule has 2 aromatic carbocycles. The fourth-order valence-electron chi connectivity index (χ4n) is 2.21. The molecule has 0 fully saturated rings. The van der Waals surface area contributed by atoms with Gasteiger partial charge in [-0.05, 0) is 36.2 Å². The van der Waals surface area contributed by atoms with Gasteiger partial charge in [0.1, 0.15) is 17.4 Å². The Labute approximate surface area is 119 Å². The van der Waals surface area contributed by atoms with Crippen LogP contribution in [0.15, 0.2) is 57.4 Å². The number of para-hydroxylation sites is 1. The summed E-state index contributed by atoms with van der Waals surface area (Å²) >= 11 is 3.48. The number of rotatable bonds is 2. The lowest BCUT2D eigenvalue weighted by molar-refractivity contribution is 0.191. The average Bonchev–Trinajstić information content (AvgIpc) is 2.85. The van der Waals surface area contributed by atoms with E-state index in [1.807, 2.05) is 55.5 Å². The third kappa shape index (κ3) is 2.20. The van der Waals surface area contributed by atoms with Crippen molar-refractivity contribution in [1.82, 2.24) is 0 Å². The fourth-order valence-corrected chi connectivity index (χ4v) is 2.59. The summed E-state index contributed by atoms with van der Waals surface area (Å²) in [6.45, 7) is 1.98. The Bertz CT molecular complexity index is 697. The zero-order valence-electron chi connectivity index (χ0n) is 10.4. The van der Waals surface area contributed by atoms with Gasteiger partial charge in [0.15, 0.2) is 0 Å². The van der Waals surface area contributed by atoms with E-state index < -0.39 is 6.10 Å². The van der Waals surface area contributed by atoms with Crippen molar-refractivity contribution in [2.45, 2.75) is 13.0 Å². The highest BCUT2D eigenvalue weighted by molar-refractivity contribution is 9.10. The van der Waals surface area contributed by atoms with Gasteiger partial charge in [-0.1, -0.05) is 46.3 Å². The number of hydrogen-bond donors (Lipinski definition) is 1. The molecule has 1 unspecified atom stereocenters. The van der Waals surface area contributed by atoms with Crippen LogP contribution in [-0.4, -0.2) is 5.11 Å². The zero-order chi connectivity index (χ0) is 13.4. The monoisotopic (exact) mass is 316 g/mol. The zero-order valence-corrected chi connectivity index (χ0v) is 12.0. The van der Waals surface area contributed by atoms with Gasteiger partial charge in [0.25, 0.3) is 0 Å². The Morgan fingerprint density at radius 3 is 2.68 bits per heavy atom. The fraction of sp³-hybridized carbons (Fsp3) is 0.125. The maximum Gasteiger partial charge on any atom is 0.138 e. The predicted molar refractivity (Wildman–Crippen MR) is 79.2 cm³/mol. The molecule has 3 rings (SSSR count). The van der Waals surface area contributed by atoms with Crippen LogP contribution in [-0.2, 0) is 0 Å². The van der Waals surface area contributed by atoms with Crippen LogP contribution in [0.3, 0.4) is 0 Å². The number of benzene rings is 2. The van der Waals surface area contributed by atoms with Gasteiger partial charge in [-0.15, -0.1) is 0 Å². The van der Waals surface area contributed by atoms with Crippen molar-refractivity contribution < 1.29 is 9.52 Å². The predicted octanol–water partition coefficient (Wildman–Crippen LogP) is 4.59. The third-order valence-electron chi connectivity index (χ3n) is 3.32. The molecule has 3 heteroatoms. The maximum atomic E-state index is 10.5. The van der Waals surface area contributed by atoms with Crippen molar-refractivity contribution in [3.8, 4) is 0 Å². The first-order valence-corrected chi connectivity index (χ1v) is 6.87. The smallest absolute Gasteiger partial charge is 0.138 e. The van der Waals surface area contributed by atoms with Crippen LogP contribution < -0.4 is 0 Å². The average molecular weight is 317 g/mol. The molecule has 0 spiro atoms. The largest absolute Gasteiger partial charge is 0.458 e. The molecule has 2 nitrogen and oxygen atoms in total. The van der Waals surface area contributed by atoms with E-state index in [4.69, 9.17) is 4.42 Å². The van der Waals surface area contributed by atoms with Crippen LogP contribution >= 0.6 is 15.9 Å². The van der Waals surface area contributed by atoms with Gasteiger partial charge in [0.05, 0.1) is 0 Å². The van der Waals surface area contributed by atoms with Crippen molar-refractivity contribution in [3.63, 3.8) is 0 Å². The third-order valence-corrected chi connectivity index (χ3v) is 4.18. The first-order chi connectivity index (χ1) is 9.16. The first kappa shape index (κ1) is 12.5. The highest BCUT2D eigenvalue weighted by Gasteiger charge is 2.18. The number of halogens is 1. The molecule has 0 aliphatic rings. The van der Waals surface area contributed by atoms with E-state index in [2.05, 4.69) is 15.9 Å². The van der Waals surface area contributed by atoms with Crippen LogP contribution in [0.1, 0.15) is 23.0 Å². The van der Waals surface area contributed by atoms with E-state index in [0.29, 0.717) is 5.76 Å². The van der Waals surface area contributed by atoms with Crippen LogP contribution in [0, 0.1) is 6.92 Å². The lowest BCUT2D eigenvalue weighted by Gasteiger charge is -2.12. The van der Waals surface area contributed by atoms with Gasteiger partial charge in [0.2, 0.25) is 0 Å². The molecule has 0 amide bonds. The second-order valence-corrected chi connectivity index (χ2v) is 5.40. The van der Waals surface area contributed by atoms with Crippen LogP contribution in [0.2, 0.25) is 0 Å². The molecule has 0 aliphatic carbocycles. The molecule has 0 saturated carbocycles. The quantitative estimate of drug-likeness (QED) is 0.750. The summed E-state index contributed by atoms with van der Waals surface area (Å²) in [6, 6.07) is 15.4. The molecule has 1 atom stereocenters. The Hall–Kier alpha value is -1.58. The van der Waals surface area contributed by atoms with Crippen LogP contribution in [0.5, 0.6) is 0 Å². The highest BCUT2D eigenvalue weighted by Crippen LogP contribution is 2.31. The molecule has 1 heterocycles. The van der Waals surface area contributed by atoms with Crippen molar-refractivity contribution in [3.05, 3.63) is 69.9 Å². The molecule has 3 aromatic rings. The highest BCUT2D eigenvalue weighted by atomic mass is 79.9. The SMILES string of the molecule is Cc1c(Br)cccc1C(O)c1cc2ccccc2o1. The minimum Gasteiger partial charge on any atom is -0.458 e. The number of aliphatic hydroxyl groups excluding tert-OH is 1. The number of hydrogen-bond acceptors (Lipinski definition) is 2. The number of furan rings is 1. The summed E-state index contributed by atoms with van der Waals surface area (Å²) < 4.78 is 6.70. The van der Waals surface area contributed by atoms with E-state index in [1.165, 1.54) is 0 Å². The molecule has 0 radical (unpaired) electrons. The lowest BCUT2D eigenvalue weighted by atomic mass is 10.0. The summed E-state index contributed by atoms with van der Waals surface area (Å²) in [4.78, 5) is 0. The summed E-state index contributed by atoms with van der Waals surface area (Å²) in [5, 5.41) is 11.5. The molecule has 1 N–H and O–H groups in total. The lowest BCUT2D eigenvalue weighted by Crippen LogP contribution is -2.00.